The molecule has 1 aromatic heterocycles. The van der Waals surface area contributed by atoms with E-state index < -0.39 is 6.03 Å². The summed E-state index contributed by atoms with van der Waals surface area (Å²) < 4.78 is 0. The Kier molecular flexibility index (Phi) is 3.34. The molecule has 12 heavy (non-hydrogen) atoms. The molecule has 6 heteroatoms. The van der Waals surface area contributed by atoms with Crippen molar-refractivity contribution < 1.29 is 4.79 Å². The number of urea groups is 1. The Morgan fingerprint density at radius 2 is 2.50 bits per heavy atom. The molecule has 0 saturated carbocycles. The highest BCUT2D eigenvalue weighted by molar-refractivity contribution is 7.13. The lowest BCUT2D eigenvalue weighted by molar-refractivity contribution is 0.249. The van der Waals surface area contributed by atoms with Gasteiger partial charge in [0.05, 0.1) is 0 Å². The van der Waals surface area contributed by atoms with Crippen LogP contribution in [0.5, 0.6) is 0 Å². The first-order chi connectivity index (χ1) is 5.79. The van der Waals surface area contributed by atoms with Crippen molar-refractivity contribution in [2.75, 3.05) is 18.4 Å². The van der Waals surface area contributed by atoms with Crippen molar-refractivity contribution in [2.45, 2.75) is 0 Å². The lowest BCUT2D eigenvalue weighted by atomic mass is 10.6. The van der Waals surface area contributed by atoms with Crippen LogP contribution in [0.1, 0.15) is 0 Å². The first-order valence-corrected chi connectivity index (χ1v) is 4.33. The number of hydrogen-bond donors (Lipinski definition) is 3. The average Bonchev–Trinajstić information content (AvgIpc) is 2.49. The maximum Gasteiger partial charge on any atom is 0.312 e. The Morgan fingerprint density at radius 1 is 1.67 bits per heavy atom. The second-order valence-corrected chi connectivity index (χ2v) is 2.95. The first kappa shape index (κ1) is 8.79. The van der Waals surface area contributed by atoms with E-state index in [2.05, 4.69) is 15.6 Å². The molecule has 0 radical (unpaired) electrons. The second-order valence-electron chi connectivity index (χ2n) is 2.06. The van der Waals surface area contributed by atoms with Gasteiger partial charge in [0, 0.05) is 24.7 Å². The summed E-state index contributed by atoms with van der Waals surface area (Å²) in [6.45, 7) is 1.14. The molecule has 0 unspecified atom stereocenters. The molecule has 0 aliphatic carbocycles. The monoisotopic (exact) mass is 186 g/mol. The van der Waals surface area contributed by atoms with Gasteiger partial charge in [0.1, 0.15) is 0 Å². The van der Waals surface area contributed by atoms with Gasteiger partial charge in [-0.25, -0.2) is 9.78 Å². The van der Waals surface area contributed by atoms with Gasteiger partial charge in [0.2, 0.25) is 0 Å². The molecule has 1 heterocycles. The van der Waals surface area contributed by atoms with Crippen LogP contribution in [0.4, 0.5) is 9.93 Å². The summed E-state index contributed by atoms with van der Waals surface area (Å²) in [6, 6.07) is -0.504. The topological polar surface area (TPSA) is 80.0 Å². The van der Waals surface area contributed by atoms with E-state index in [9.17, 15) is 4.79 Å². The summed E-state index contributed by atoms with van der Waals surface area (Å²) in [5.74, 6) is 0. The van der Waals surface area contributed by atoms with Crippen LogP contribution in [-0.2, 0) is 0 Å². The van der Waals surface area contributed by atoms with Crippen LogP contribution in [0, 0.1) is 0 Å². The number of amides is 2. The zero-order valence-corrected chi connectivity index (χ0v) is 7.23. The number of primary amides is 1. The summed E-state index contributed by atoms with van der Waals surface area (Å²) in [4.78, 5) is 14.2. The molecule has 1 aromatic rings. The highest BCUT2D eigenvalue weighted by atomic mass is 32.1. The number of hydrogen-bond acceptors (Lipinski definition) is 4. The van der Waals surface area contributed by atoms with Gasteiger partial charge < -0.3 is 16.4 Å². The van der Waals surface area contributed by atoms with E-state index in [1.807, 2.05) is 5.38 Å². The third kappa shape index (κ3) is 3.20. The summed E-state index contributed by atoms with van der Waals surface area (Å²) in [5, 5.41) is 8.21. The largest absolute Gasteiger partial charge is 0.360 e. The van der Waals surface area contributed by atoms with Gasteiger partial charge in [-0.15, -0.1) is 11.3 Å². The number of aromatic nitrogens is 1. The van der Waals surface area contributed by atoms with Crippen molar-refractivity contribution in [2.24, 2.45) is 5.73 Å². The molecular weight excluding hydrogens is 176 g/mol. The Labute approximate surface area is 74.0 Å². The highest BCUT2D eigenvalue weighted by Gasteiger charge is 1.93. The van der Waals surface area contributed by atoms with E-state index in [1.54, 1.807) is 6.20 Å². The molecule has 5 nitrogen and oxygen atoms in total. The van der Waals surface area contributed by atoms with Gasteiger partial charge >= 0.3 is 6.03 Å². The van der Waals surface area contributed by atoms with Crippen molar-refractivity contribution in [3.63, 3.8) is 0 Å². The minimum Gasteiger partial charge on any atom is -0.360 e. The van der Waals surface area contributed by atoms with E-state index in [0.29, 0.717) is 13.1 Å². The molecule has 0 aromatic carbocycles. The Balaban J connectivity index is 2.07. The van der Waals surface area contributed by atoms with Crippen molar-refractivity contribution in [1.82, 2.24) is 10.3 Å². The van der Waals surface area contributed by atoms with Crippen LogP contribution in [0.2, 0.25) is 0 Å². The third-order valence-electron chi connectivity index (χ3n) is 1.13. The summed E-state index contributed by atoms with van der Waals surface area (Å²) in [7, 11) is 0. The molecule has 0 saturated heterocycles. The van der Waals surface area contributed by atoms with Crippen molar-refractivity contribution >= 4 is 22.5 Å². The smallest absolute Gasteiger partial charge is 0.312 e. The van der Waals surface area contributed by atoms with Crippen LogP contribution in [-0.4, -0.2) is 24.1 Å². The molecule has 0 spiro atoms. The molecule has 66 valence electrons. The fourth-order valence-electron chi connectivity index (χ4n) is 0.666. The lowest BCUT2D eigenvalue weighted by Crippen LogP contribution is -2.33. The predicted octanol–water partition coefficient (Wildman–Crippen LogP) is 0.223. The van der Waals surface area contributed by atoms with Crippen molar-refractivity contribution in [3.8, 4) is 0 Å². The minimum atomic E-state index is -0.504. The van der Waals surface area contributed by atoms with E-state index in [4.69, 9.17) is 5.73 Å². The fraction of sp³-hybridized carbons (Fsp3) is 0.333. The average molecular weight is 186 g/mol. The van der Waals surface area contributed by atoms with Crippen LogP contribution < -0.4 is 16.4 Å². The van der Waals surface area contributed by atoms with E-state index in [-0.39, 0.29) is 0 Å². The van der Waals surface area contributed by atoms with Gasteiger partial charge in [-0.1, -0.05) is 0 Å². The number of nitrogens with zero attached hydrogens (tertiary/aromatic N) is 1. The number of nitrogens with two attached hydrogens (primary N) is 1. The SMILES string of the molecule is NC(=O)NCCNc1nccs1. The van der Waals surface area contributed by atoms with Gasteiger partial charge in [-0.05, 0) is 0 Å². The quantitative estimate of drug-likeness (QED) is 0.588. The van der Waals surface area contributed by atoms with Crippen LogP contribution in [0.3, 0.4) is 0 Å². The predicted molar refractivity (Wildman–Crippen MR) is 48.2 cm³/mol. The molecule has 0 fully saturated rings. The lowest BCUT2D eigenvalue weighted by Gasteiger charge is -2.01. The second kappa shape index (κ2) is 4.55. The maximum atomic E-state index is 10.2. The number of nitrogens with one attached hydrogen (secondary N) is 2. The van der Waals surface area contributed by atoms with E-state index in [0.717, 1.165) is 5.13 Å². The minimum absolute atomic E-state index is 0.504. The summed E-state index contributed by atoms with van der Waals surface area (Å²) in [5.41, 5.74) is 4.86. The van der Waals surface area contributed by atoms with Crippen LogP contribution in [0.25, 0.3) is 0 Å². The normalized spacial score (nSPS) is 9.33. The van der Waals surface area contributed by atoms with Crippen LogP contribution in [0.15, 0.2) is 11.6 Å². The Morgan fingerprint density at radius 3 is 3.08 bits per heavy atom. The molecular formula is C6H10N4OS. The maximum absolute atomic E-state index is 10.2. The van der Waals surface area contributed by atoms with Gasteiger partial charge in [0.25, 0.3) is 0 Å². The number of rotatable bonds is 4. The van der Waals surface area contributed by atoms with E-state index >= 15 is 0 Å². The third-order valence-corrected chi connectivity index (χ3v) is 1.86. The standard InChI is InChI=1S/C6H10N4OS/c7-5(11)8-1-2-9-6-10-3-4-12-6/h3-4H,1-2H2,(H,9,10)(H3,7,8,11). The molecule has 0 atom stereocenters. The molecule has 1 rings (SSSR count). The molecule has 2 amide bonds. The highest BCUT2D eigenvalue weighted by Crippen LogP contribution is 2.08. The molecule has 0 aliphatic heterocycles. The van der Waals surface area contributed by atoms with Crippen molar-refractivity contribution in [1.29, 1.82) is 0 Å². The Bertz CT molecular complexity index is 236. The number of carbonyl (C=O) groups excluding carboxylic acids is 1. The van der Waals surface area contributed by atoms with Gasteiger partial charge in [-0.3, -0.25) is 0 Å². The molecule has 0 bridgehead atoms. The number of thiazole rings is 1. The molecule has 4 N–H and O–H groups in total. The summed E-state index contributed by atoms with van der Waals surface area (Å²) >= 11 is 1.52. The number of anilines is 1. The fourth-order valence-corrected chi connectivity index (χ4v) is 1.22. The number of carbonyl (C=O) groups is 1. The van der Waals surface area contributed by atoms with Crippen molar-refractivity contribution in [3.05, 3.63) is 11.6 Å². The van der Waals surface area contributed by atoms with Crippen LogP contribution >= 0.6 is 11.3 Å². The zero-order chi connectivity index (χ0) is 8.81. The summed E-state index contributed by atoms with van der Waals surface area (Å²) in [6.07, 6.45) is 1.72. The molecule has 0 aliphatic rings. The van der Waals surface area contributed by atoms with E-state index in [1.165, 1.54) is 11.3 Å². The Hall–Kier alpha value is -1.30. The van der Waals surface area contributed by atoms with Gasteiger partial charge in [0.15, 0.2) is 5.13 Å². The zero-order valence-electron chi connectivity index (χ0n) is 6.41. The van der Waals surface area contributed by atoms with Gasteiger partial charge in [-0.2, -0.15) is 0 Å². The first-order valence-electron chi connectivity index (χ1n) is 3.45.